The molecule has 0 radical (unpaired) electrons. The number of rotatable bonds is 8. The van der Waals surface area contributed by atoms with Crippen LogP contribution in [0.15, 0.2) is 29.6 Å². The zero-order valence-corrected chi connectivity index (χ0v) is 20.1. The number of anilines is 1. The first-order chi connectivity index (χ1) is 17.3. The van der Waals surface area contributed by atoms with Gasteiger partial charge in [0.25, 0.3) is 12.0 Å². The molecule has 0 aliphatic carbocycles. The molecule has 4 rings (SSSR count). The molecule has 11 nitrogen and oxygen atoms in total. The molecule has 1 N–H and O–H groups in total. The molecule has 3 aromatic rings. The molecule has 4 heterocycles. The number of ether oxygens (including phenoxy) is 1. The van der Waals surface area contributed by atoms with Crippen LogP contribution in [0.4, 0.5) is 14.7 Å². The molecule has 1 atom stereocenters. The maximum absolute atomic E-state index is 13.0. The van der Waals surface area contributed by atoms with Gasteiger partial charge in [-0.3, -0.25) is 4.79 Å². The number of carbonyl (C=O) groups is 1. The quantitative estimate of drug-likeness (QED) is 0.362. The number of carbonyl (C=O) groups excluding carboxylic acids is 1. The second-order valence-electron chi connectivity index (χ2n) is 8.30. The molecule has 1 saturated heterocycles. The largest absolute Gasteiger partial charge is 0.379 e. The average Bonchev–Trinajstić information content (AvgIpc) is 3.29. The number of aldehydes is 1. The van der Waals surface area contributed by atoms with E-state index in [9.17, 15) is 18.4 Å². The fourth-order valence-corrected chi connectivity index (χ4v) is 3.69. The van der Waals surface area contributed by atoms with Crippen molar-refractivity contribution in [2.45, 2.75) is 25.8 Å². The van der Waals surface area contributed by atoms with Crippen molar-refractivity contribution >= 4 is 23.1 Å². The lowest BCUT2D eigenvalue weighted by Crippen LogP contribution is -2.45. The predicted octanol–water partition coefficient (Wildman–Crippen LogP) is 1.93. The highest BCUT2D eigenvalue weighted by molar-refractivity contribution is 5.82. The fraction of sp³-hybridized carbons (Fsp3) is 0.478. The monoisotopic (exact) mass is 502 g/mol. The van der Waals surface area contributed by atoms with Gasteiger partial charge in [0.15, 0.2) is 0 Å². The number of halogens is 2. The Kier molecular flexibility index (Phi) is 9.54. The number of likely N-dealkylation sites (N-methyl/N-ethyl adjacent to an activating group) is 1. The topological polar surface area (TPSA) is 133 Å². The third-order valence-electron chi connectivity index (χ3n) is 5.68. The van der Waals surface area contributed by atoms with Crippen molar-refractivity contribution in [3.63, 3.8) is 0 Å². The van der Waals surface area contributed by atoms with Crippen LogP contribution >= 0.6 is 0 Å². The first kappa shape index (κ1) is 26.8. The fourth-order valence-electron chi connectivity index (χ4n) is 3.69. The number of hydrogen-bond donors (Lipinski definition) is 1. The molecular formula is C23H28F2N8O3. The van der Waals surface area contributed by atoms with Crippen LogP contribution in [0.5, 0.6) is 0 Å². The molecule has 13 heteroatoms. The van der Waals surface area contributed by atoms with Crippen molar-refractivity contribution in [3.8, 4) is 6.07 Å². The van der Waals surface area contributed by atoms with Gasteiger partial charge in [-0.2, -0.15) is 10.4 Å². The van der Waals surface area contributed by atoms with Crippen LogP contribution in [0.1, 0.15) is 36.9 Å². The summed E-state index contributed by atoms with van der Waals surface area (Å²) in [6.07, 6.45) is 4.00. The van der Waals surface area contributed by atoms with E-state index in [4.69, 9.17) is 10.00 Å². The summed E-state index contributed by atoms with van der Waals surface area (Å²) in [6, 6.07) is 1.74. The number of hydrogen-bond acceptors (Lipinski definition) is 9. The molecule has 1 aliphatic heterocycles. The van der Waals surface area contributed by atoms with Crippen molar-refractivity contribution in [2.24, 2.45) is 0 Å². The summed E-state index contributed by atoms with van der Waals surface area (Å²) < 4.78 is 32.9. The number of nitrogens with zero attached hydrogens (tertiary/aromatic N) is 7. The first-order valence-corrected chi connectivity index (χ1v) is 11.4. The van der Waals surface area contributed by atoms with E-state index in [0.29, 0.717) is 11.1 Å². The molecule has 1 aliphatic rings. The van der Waals surface area contributed by atoms with E-state index in [1.54, 1.807) is 23.9 Å². The molecule has 1 fully saturated rings. The minimum atomic E-state index is -2.75. The minimum absolute atomic E-state index is 0.0558. The predicted molar refractivity (Wildman–Crippen MR) is 128 cm³/mol. The van der Waals surface area contributed by atoms with Gasteiger partial charge in [-0.15, -0.1) is 0 Å². The molecule has 0 bridgehead atoms. The number of aromatic amines is 1. The molecule has 0 amide bonds. The van der Waals surface area contributed by atoms with Crippen LogP contribution in [-0.4, -0.2) is 82.4 Å². The Morgan fingerprint density at radius 3 is 2.53 bits per heavy atom. The van der Waals surface area contributed by atoms with Crippen LogP contribution in [0.3, 0.4) is 0 Å². The van der Waals surface area contributed by atoms with E-state index in [0.717, 1.165) is 38.4 Å². The van der Waals surface area contributed by atoms with Crippen LogP contribution < -0.4 is 10.5 Å². The van der Waals surface area contributed by atoms with Gasteiger partial charge in [0.1, 0.15) is 12.4 Å². The van der Waals surface area contributed by atoms with Crippen molar-refractivity contribution in [3.05, 3.63) is 46.3 Å². The molecule has 0 spiro atoms. The SMILES string of the molecule is CC(COCCC=O)n1cc(C(F)F)c2c(=O)[nH]ncc21.CN1CCN(c2ncc(C#N)cn2)CC1. The average molecular weight is 503 g/mol. The minimum Gasteiger partial charge on any atom is -0.379 e. The molecule has 0 aromatic carbocycles. The van der Waals surface area contributed by atoms with E-state index in [-0.39, 0.29) is 36.6 Å². The number of piperazine rings is 1. The number of H-pyrrole nitrogens is 1. The van der Waals surface area contributed by atoms with Crippen molar-refractivity contribution < 1.29 is 18.3 Å². The smallest absolute Gasteiger partial charge is 0.274 e. The molecular weight excluding hydrogens is 474 g/mol. The van der Waals surface area contributed by atoms with Crippen LogP contribution in [0.2, 0.25) is 0 Å². The van der Waals surface area contributed by atoms with Crippen LogP contribution in [-0.2, 0) is 9.53 Å². The normalized spacial score (nSPS) is 14.8. The lowest BCUT2D eigenvalue weighted by molar-refractivity contribution is -0.108. The van der Waals surface area contributed by atoms with Crippen molar-refractivity contribution in [1.29, 1.82) is 5.26 Å². The van der Waals surface area contributed by atoms with E-state index in [1.807, 2.05) is 6.07 Å². The molecule has 3 aromatic heterocycles. The lowest BCUT2D eigenvalue weighted by Gasteiger charge is -2.32. The highest BCUT2D eigenvalue weighted by atomic mass is 19.3. The maximum Gasteiger partial charge on any atom is 0.274 e. The van der Waals surface area contributed by atoms with Gasteiger partial charge in [0.05, 0.1) is 54.3 Å². The Bertz CT molecular complexity index is 1230. The highest BCUT2D eigenvalue weighted by Crippen LogP contribution is 2.29. The summed E-state index contributed by atoms with van der Waals surface area (Å²) in [5.74, 6) is 0.724. The van der Waals surface area contributed by atoms with Gasteiger partial charge in [-0.05, 0) is 14.0 Å². The van der Waals surface area contributed by atoms with E-state index in [1.165, 1.54) is 12.4 Å². The Labute approximate surface area is 206 Å². The van der Waals surface area contributed by atoms with Gasteiger partial charge in [0, 0.05) is 44.4 Å². The standard InChI is InChI=1S/C13H15F2N3O3.C10H13N5/c1-8(7-21-4-2-3-19)18-6-9(12(14)15)11-10(18)5-16-17-13(11)20;1-14-2-4-15(5-3-14)10-12-7-9(6-11)8-13-10/h3,5-6,8,12H,2,4,7H2,1H3,(H,17,20);7-8H,2-5H2,1H3. The summed E-state index contributed by atoms with van der Waals surface area (Å²) >= 11 is 0. The third-order valence-corrected chi connectivity index (χ3v) is 5.68. The Morgan fingerprint density at radius 2 is 1.92 bits per heavy atom. The summed E-state index contributed by atoms with van der Waals surface area (Å²) in [7, 11) is 2.11. The van der Waals surface area contributed by atoms with E-state index in [2.05, 4.69) is 37.0 Å². The maximum atomic E-state index is 13.0. The molecule has 1 unspecified atom stereocenters. The highest BCUT2D eigenvalue weighted by Gasteiger charge is 2.21. The number of nitriles is 1. The summed E-state index contributed by atoms with van der Waals surface area (Å²) in [5.41, 5.74) is -0.127. The van der Waals surface area contributed by atoms with Crippen LogP contribution in [0, 0.1) is 11.3 Å². The number of fused-ring (bicyclic) bond motifs is 1. The molecule has 0 saturated carbocycles. The lowest BCUT2D eigenvalue weighted by atomic mass is 10.2. The number of alkyl halides is 2. The Morgan fingerprint density at radius 1 is 1.22 bits per heavy atom. The first-order valence-electron chi connectivity index (χ1n) is 11.4. The van der Waals surface area contributed by atoms with Gasteiger partial charge >= 0.3 is 0 Å². The van der Waals surface area contributed by atoms with Crippen LogP contribution in [0.25, 0.3) is 10.9 Å². The molecule has 192 valence electrons. The number of nitrogens with one attached hydrogen (secondary N) is 1. The third kappa shape index (κ3) is 6.67. The van der Waals surface area contributed by atoms with Gasteiger partial charge in [-0.25, -0.2) is 23.8 Å². The van der Waals surface area contributed by atoms with Gasteiger partial charge < -0.3 is 23.9 Å². The summed E-state index contributed by atoms with van der Waals surface area (Å²) in [5, 5.41) is 14.4. The zero-order valence-electron chi connectivity index (χ0n) is 20.1. The zero-order chi connectivity index (χ0) is 26.1. The van der Waals surface area contributed by atoms with Crippen molar-refractivity contribution in [1.82, 2.24) is 29.6 Å². The summed E-state index contributed by atoms with van der Waals surface area (Å²) in [4.78, 5) is 34.7. The van der Waals surface area contributed by atoms with Gasteiger partial charge in [-0.1, -0.05) is 0 Å². The Hall–Kier alpha value is -3.76. The summed E-state index contributed by atoms with van der Waals surface area (Å²) in [6.45, 7) is 6.25. The number of aromatic nitrogens is 5. The van der Waals surface area contributed by atoms with E-state index < -0.39 is 12.0 Å². The second kappa shape index (κ2) is 12.8. The Balaban J connectivity index is 0.000000212. The van der Waals surface area contributed by atoms with Crippen molar-refractivity contribution in [2.75, 3.05) is 51.3 Å². The molecule has 36 heavy (non-hydrogen) atoms. The van der Waals surface area contributed by atoms with Gasteiger partial charge in [0.2, 0.25) is 5.95 Å². The van der Waals surface area contributed by atoms with E-state index >= 15 is 0 Å². The second-order valence-corrected chi connectivity index (χ2v) is 8.30.